The molecule has 132 valence electrons. The smallest absolute Gasteiger partial charge is 0.246 e. The van der Waals surface area contributed by atoms with E-state index in [0.717, 1.165) is 29.8 Å². The average molecular weight is 350 g/mol. The minimum atomic E-state index is -0.461. The minimum Gasteiger partial charge on any atom is -0.342 e. The van der Waals surface area contributed by atoms with Crippen LogP contribution in [0.1, 0.15) is 43.6 Å². The summed E-state index contributed by atoms with van der Waals surface area (Å²) in [5.41, 5.74) is 3.18. The summed E-state index contributed by atoms with van der Waals surface area (Å²) in [6.45, 7) is 8.39. The van der Waals surface area contributed by atoms with Crippen molar-refractivity contribution in [2.24, 2.45) is 7.05 Å². The first-order chi connectivity index (χ1) is 11.2. The molecular formula is C17H26N4O2S. The van der Waals surface area contributed by atoms with Gasteiger partial charge in [-0.25, -0.2) is 0 Å². The predicted molar refractivity (Wildman–Crippen MR) is 94.7 cm³/mol. The van der Waals surface area contributed by atoms with Gasteiger partial charge in [0.2, 0.25) is 11.8 Å². The van der Waals surface area contributed by atoms with Crippen LogP contribution in [0.4, 0.5) is 0 Å². The van der Waals surface area contributed by atoms with Gasteiger partial charge in [-0.05, 0) is 40.5 Å². The van der Waals surface area contributed by atoms with E-state index in [9.17, 15) is 9.59 Å². The van der Waals surface area contributed by atoms with Crippen LogP contribution in [-0.4, -0.2) is 49.1 Å². The lowest BCUT2D eigenvalue weighted by molar-refractivity contribution is -0.137. The van der Waals surface area contributed by atoms with E-state index >= 15 is 0 Å². The summed E-state index contributed by atoms with van der Waals surface area (Å²) in [6.07, 6.45) is 2.09. The molecule has 1 aliphatic heterocycles. The van der Waals surface area contributed by atoms with E-state index in [2.05, 4.69) is 10.4 Å². The zero-order valence-corrected chi connectivity index (χ0v) is 15.9. The van der Waals surface area contributed by atoms with Gasteiger partial charge < -0.3 is 10.2 Å². The average Bonchev–Trinajstić information content (AvgIpc) is 3.30. The normalized spacial score (nSPS) is 23.0. The Morgan fingerprint density at radius 3 is 2.58 bits per heavy atom. The molecule has 3 rings (SSSR count). The van der Waals surface area contributed by atoms with Crippen LogP contribution < -0.4 is 5.32 Å². The molecule has 2 fully saturated rings. The van der Waals surface area contributed by atoms with E-state index in [-0.39, 0.29) is 11.8 Å². The van der Waals surface area contributed by atoms with Crippen molar-refractivity contribution in [2.75, 3.05) is 5.75 Å². The Balaban J connectivity index is 1.77. The van der Waals surface area contributed by atoms with E-state index in [1.54, 1.807) is 11.8 Å². The van der Waals surface area contributed by atoms with Crippen LogP contribution >= 0.6 is 11.8 Å². The number of rotatable bonds is 4. The molecule has 1 saturated heterocycles. The maximum atomic E-state index is 13.0. The van der Waals surface area contributed by atoms with E-state index in [4.69, 9.17) is 0 Å². The van der Waals surface area contributed by atoms with Crippen molar-refractivity contribution in [3.63, 3.8) is 0 Å². The van der Waals surface area contributed by atoms with Gasteiger partial charge in [-0.3, -0.25) is 14.3 Å². The third-order valence-corrected chi connectivity index (χ3v) is 6.43. The highest BCUT2D eigenvalue weighted by molar-refractivity contribution is 8.01. The van der Waals surface area contributed by atoms with Crippen molar-refractivity contribution in [2.45, 2.75) is 63.9 Å². The Hall–Kier alpha value is -1.50. The van der Waals surface area contributed by atoms with E-state index in [1.807, 2.05) is 44.3 Å². The van der Waals surface area contributed by atoms with Crippen molar-refractivity contribution >= 4 is 23.6 Å². The number of amides is 2. The van der Waals surface area contributed by atoms with E-state index in [1.165, 1.54) is 0 Å². The summed E-state index contributed by atoms with van der Waals surface area (Å²) in [5.74, 6) is 0.615. The number of nitrogens with one attached hydrogen (secondary N) is 1. The fraction of sp³-hybridized carbons (Fsp3) is 0.706. The standard InChI is InChI=1S/C17H26N4O2S/c1-10-13(11(2)20(5)19-10)8-21(12-6-7-12)15(22)14-9-24-17(3,4)16(23)18-14/h12,14H,6-9H2,1-5H3,(H,18,23)/t14-/m0/s1. The van der Waals surface area contributed by atoms with Crippen LogP contribution in [0.25, 0.3) is 0 Å². The molecule has 0 aromatic carbocycles. The number of nitrogens with zero attached hydrogens (tertiary/aromatic N) is 3. The predicted octanol–water partition coefficient (Wildman–Crippen LogP) is 1.54. The van der Waals surface area contributed by atoms with Crippen molar-refractivity contribution in [3.05, 3.63) is 17.0 Å². The Kier molecular flexibility index (Phi) is 4.40. The summed E-state index contributed by atoms with van der Waals surface area (Å²) < 4.78 is 1.40. The SMILES string of the molecule is Cc1nn(C)c(C)c1CN(C(=O)[C@@H]1CSC(C)(C)C(=O)N1)C1CC1. The van der Waals surface area contributed by atoms with Crippen LogP contribution in [0, 0.1) is 13.8 Å². The molecular weight excluding hydrogens is 324 g/mol. The number of carbonyl (C=O) groups excluding carboxylic acids is 2. The Bertz CT molecular complexity index is 678. The third kappa shape index (κ3) is 3.18. The second-order valence-electron chi connectivity index (χ2n) is 7.32. The third-order valence-electron chi connectivity index (χ3n) is 5.02. The summed E-state index contributed by atoms with van der Waals surface area (Å²) >= 11 is 1.56. The highest BCUT2D eigenvalue weighted by Crippen LogP contribution is 2.33. The number of thioether (sulfide) groups is 1. The quantitative estimate of drug-likeness (QED) is 0.894. The van der Waals surface area contributed by atoms with Crippen molar-refractivity contribution in [1.29, 1.82) is 0 Å². The molecule has 0 radical (unpaired) electrons. The molecule has 1 N–H and O–H groups in total. The topological polar surface area (TPSA) is 67.2 Å². The van der Waals surface area contributed by atoms with Crippen LogP contribution in [0.2, 0.25) is 0 Å². The van der Waals surface area contributed by atoms with Gasteiger partial charge in [-0.1, -0.05) is 0 Å². The lowest BCUT2D eigenvalue weighted by Crippen LogP contribution is -2.58. The lowest BCUT2D eigenvalue weighted by atomic mass is 10.1. The first-order valence-corrected chi connectivity index (χ1v) is 9.43. The molecule has 2 aliphatic rings. The number of carbonyl (C=O) groups is 2. The molecule has 0 spiro atoms. The monoisotopic (exact) mass is 350 g/mol. The molecule has 1 aromatic rings. The summed E-state index contributed by atoms with van der Waals surface area (Å²) in [5, 5.41) is 7.37. The fourth-order valence-corrected chi connectivity index (χ4v) is 4.05. The number of aryl methyl sites for hydroxylation is 2. The van der Waals surface area contributed by atoms with Crippen molar-refractivity contribution < 1.29 is 9.59 Å². The van der Waals surface area contributed by atoms with Crippen LogP contribution in [0.5, 0.6) is 0 Å². The molecule has 1 saturated carbocycles. The molecule has 1 atom stereocenters. The summed E-state index contributed by atoms with van der Waals surface area (Å²) in [7, 11) is 1.93. The van der Waals surface area contributed by atoms with Gasteiger partial charge in [0, 0.05) is 36.6 Å². The molecule has 1 aromatic heterocycles. The van der Waals surface area contributed by atoms with Gasteiger partial charge in [0.15, 0.2) is 0 Å². The second kappa shape index (κ2) is 6.10. The summed E-state index contributed by atoms with van der Waals surface area (Å²) in [6, 6.07) is -0.123. The van der Waals surface area contributed by atoms with Gasteiger partial charge in [-0.2, -0.15) is 5.10 Å². The first-order valence-electron chi connectivity index (χ1n) is 8.45. The molecule has 0 bridgehead atoms. The molecule has 1 aliphatic carbocycles. The highest BCUT2D eigenvalue weighted by atomic mass is 32.2. The number of aromatic nitrogens is 2. The largest absolute Gasteiger partial charge is 0.342 e. The van der Waals surface area contributed by atoms with E-state index in [0.29, 0.717) is 18.3 Å². The summed E-state index contributed by atoms with van der Waals surface area (Å²) in [4.78, 5) is 27.2. The Labute approximate surface area is 147 Å². The molecule has 24 heavy (non-hydrogen) atoms. The maximum absolute atomic E-state index is 13.0. The second-order valence-corrected chi connectivity index (χ2v) is 8.96. The molecule has 6 nitrogen and oxygen atoms in total. The molecule has 0 unspecified atom stereocenters. The van der Waals surface area contributed by atoms with Gasteiger partial charge in [0.25, 0.3) is 0 Å². The van der Waals surface area contributed by atoms with E-state index < -0.39 is 10.8 Å². The number of hydrogen-bond acceptors (Lipinski definition) is 4. The van der Waals surface area contributed by atoms with Crippen LogP contribution in [0.3, 0.4) is 0 Å². The lowest BCUT2D eigenvalue weighted by Gasteiger charge is -2.35. The van der Waals surface area contributed by atoms with Crippen molar-refractivity contribution in [3.8, 4) is 0 Å². The zero-order valence-electron chi connectivity index (χ0n) is 15.0. The van der Waals surface area contributed by atoms with Gasteiger partial charge >= 0.3 is 0 Å². The van der Waals surface area contributed by atoms with Crippen LogP contribution in [-0.2, 0) is 23.2 Å². The molecule has 7 heteroatoms. The van der Waals surface area contributed by atoms with Gasteiger partial charge in [-0.15, -0.1) is 11.8 Å². The zero-order chi connectivity index (χ0) is 17.6. The first kappa shape index (κ1) is 17.3. The fourth-order valence-electron chi connectivity index (χ4n) is 3.05. The van der Waals surface area contributed by atoms with Gasteiger partial charge in [0.1, 0.15) is 6.04 Å². The highest BCUT2D eigenvalue weighted by Gasteiger charge is 2.42. The van der Waals surface area contributed by atoms with Crippen LogP contribution in [0.15, 0.2) is 0 Å². The van der Waals surface area contributed by atoms with Crippen molar-refractivity contribution in [1.82, 2.24) is 20.0 Å². The maximum Gasteiger partial charge on any atom is 0.246 e. The number of hydrogen-bond donors (Lipinski definition) is 1. The Morgan fingerprint density at radius 2 is 2.08 bits per heavy atom. The Morgan fingerprint density at radius 1 is 1.42 bits per heavy atom. The minimum absolute atomic E-state index is 0.0384. The molecule has 2 heterocycles. The molecule has 2 amide bonds. The van der Waals surface area contributed by atoms with Gasteiger partial charge in [0.05, 0.1) is 10.4 Å².